The Morgan fingerprint density at radius 2 is 1.93 bits per heavy atom. The van der Waals surface area contributed by atoms with Crippen LogP contribution < -0.4 is 5.73 Å². The molecule has 0 saturated carbocycles. The maximum absolute atomic E-state index is 9.41. The summed E-state index contributed by atoms with van der Waals surface area (Å²) in [6.45, 7) is 5.94. The van der Waals surface area contributed by atoms with Crippen molar-refractivity contribution in [2.45, 2.75) is 57.7 Å². The van der Waals surface area contributed by atoms with Crippen LogP contribution >= 0.6 is 0 Å². The van der Waals surface area contributed by atoms with E-state index in [9.17, 15) is 5.11 Å². The van der Waals surface area contributed by atoms with Gasteiger partial charge in [0, 0.05) is 25.2 Å². The molecule has 1 rings (SSSR count). The number of likely N-dealkylation sites (tertiary alicyclic amines) is 1. The molecule has 14 heavy (non-hydrogen) atoms. The van der Waals surface area contributed by atoms with E-state index >= 15 is 0 Å². The Balaban J connectivity index is 2.32. The summed E-state index contributed by atoms with van der Waals surface area (Å²) in [5, 5.41) is 9.41. The molecule has 1 aliphatic rings. The van der Waals surface area contributed by atoms with Crippen molar-refractivity contribution in [3.8, 4) is 0 Å². The summed E-state index contributed by atoms with van der Waals surface area (Å²) in [5.41, 5.74) is 5.39. The molecule has 0 spiro atoms. The molecule has 3 heteroatoms. The predicted octanol–water partition coefficient (Wildman–Crippen LogP) is 0.959. The minimum Gasteiger partial charge on any atom is -0.392 e. The highest BCUT2D eigenvalue weighted by Crippen LogP contribution is 2.22. The van der Waals surface area contributed by atoms with Crippen molar-refractivity contribution in [1.29, 1.82) is 0 Å². The van der Waals surface area contributed by atoms with E-state index in [-0.39, 0.29) is 6.10 Å². The average molecular weight is 200 g/mol. The molecule has 0 aromatic carbocycles. The van der Waals surface area contributed by atoms with Gasteiger partial charge in [-0.3, -0.25) is 4.90 Å². The summed E-state index contributed by atoms with van der Waals surface area (Å²) in [5.74, 6) is 0. The topological polar surface area (TPSA) is 49.5 Å². The molecular formula is C11H24N2O. The normalized spacial score (nSPS) is 31.7. The SMILES string of the molecule is CC1CCCC(C)N1CCC(O)CN. The van der Waals surface area contributed by atoms with E-state index in [1.807, 2.05) is 0 Å². The summed E-state index contributed by atoms with van der Waals surface area (Å²) in [4.78, 5) is 2.50. The van der Waals surface area contributed by atoms with Crippen molar-refractivity contribution in [3.63, 3.8) is 0 Å². The Bertz CT molecular complexity index is 153. The van der Waals surface area contributed by atoms with Gasteiger partial charge in [-0.15, -0.1) is 0 Å². The molecule has 3 atom stereocenters. The number of hydrogen-bond acceptors (Lipinski definition) is 3. The molecule has 0 bridgehead atoms. The quantitative estimate of drug-likeness (QED) is 0.710. The van der Waals surface area contributed by atoms with Crippen LogP contribution in [0.1, 0.15) is 39.5 Å². The number of aliphatic hydroxyl groups excluding tert-OH is 1. The van der Waals surface area contributed by atoms with Gasteiger partial charge in [-0.1, -0.05) is 6.42 Å². The summed E-state index contributed by atoms with van der Waals surface area (Å²) in [6.07, 6.45) is 4.42. The first kappa shape index (κ1) is 12.0. The Morgan fingerprint density at radius 1 is 1.36 bits per heavy atom. The first-order valence-corrected chi connectivity index (χ1v) is 5.79. The third-order valence-electron chi connectivity index (χ3n) is 3.37. The van der Waals surface area contributed by atoms with Crippen LogP contribution in [0.5, 0.6) is 0 Å². The standard InChI is InChI=1S/C11H24N2O/c1-9-4-3-5-10(2)13(9)7-6-11(14)8-12/h9-11,14H,3-8,12H2,1-2H3. The fourth-order valence-electron chi connectivity index (χ4n) is 2.33. The van der Waals surface area contributed by atoms with E-state index < -0.39 is 0 Å². The van der Waals surface area contributed by atoms with E-state index in [1.165, 1.54) is 19.3 Å². The fraction of sp³-hybridized carbons (Fsp3) is 1.00. The molecule has 0 radical (unpaired) electrons. The summed E-state index contributed by atoms with van der Waals surface area (Å²) < 4.78 is 0. The van der Waals surface area contributed by atoms with Crippen molar-refractivity contribution in [3.05, 3.63) is 0 Å². The zero-order valence-electron chi connectivity index (χ0n) is 9.45. The fourth-order valence-corrected chi connectivity index (χ4v) is 2.33. The third kappa shape index (κ3) is 3.23. The van der Waals surface area contributed by atoms with E-state index in [1.54, 1.807) is 0 Å². The monoisotopic (exact) mass is 200 g/mol. The van der Waals surface area contributed by atoms with Gasteiger partial charge in [-0.2, -0.15) is 0 Å². The Kier molecular flexibility index (Phi) is 4.85. The van der Waals surface area contributed by atoms with Crippen LogP contribution in [0.2, 0.25) is 0 Å². The molecule has 0 amide bonds. The lowest BCUT2D eigenvalue weighted by Crippen LogP contribution is -2.45. The van der Waals surface area contributed by atoms with Crippen molar-refractivity contribution < 1.29 is 5.11 Å². The van der Waals surface area contributed by atoms with Crippen LogP contribution in [-0.2, 0) is 0 Å². The highest BCUT2D eigenvalue weighted by Gasteiger charge is 2.24. The lowest BCUT2D eigenvalue weighted by molar-refractivity contribution is 0.0771. The summed E-state index contributed by atoms with van der Waals surface area (Å²) in [6, 6.07) is 1.34. The zero-order chi connectivity index (χ0) is 10.6. The van der Waals surface area contributed by atoms with E-state index in [0.29, 0.717) is 18.6 Å². The number of hydrogen-bond donors (Lipinski definition) is 2. The van der Waals surface area contributed by atoms with Crippen LogP contribution in [-0.4, -0.2) is 41.3 Å². The van der Waals surface area contributed by atoms with Gasteiger partial charge < -0.3 is 10.8 Å². The number of nitrogens with two attached hydrogens (primary N) is 1. The van der Waals surface area contributed by atoms with Gasteiger partial charge in [-0.05, 0) is 33.1 Å². The molecule has 0 aromatic rings. The van der Waals surface area contributed by atoms with Gasteiger partial charge in [0.1, 0.15) is 0 Å². The maximum Gasteiger partial charge on any atom is 0.0674 e. The number of rotatable bonds is 4. The Morgan fingerprint density at radius 3 is 2.43 bits per heavy atom. The number of piperidine rings is 1. The van der Waals surface area contributed by atoms with Gasteiger partial charge in [0.05, 0.1) is 6.10 Å². The number of nitrogens with zero attached hydrogens (tertiary/aromatic N) is 1. The van der Waals surface area contributed by atoms with Gasteiger partial charge in [0.15, 0.2) is 0 Å². The van der Waals surface area contributed by atoms with Gasteiger partial charge in [0.25, 0.3) is 0 Å². The van der Waals surface area contributed by atoms with Gasteiger partial charge in [0.2, 0.25) is 0 Å². The first-order valence-electron chi connectivity index (χ1n) is 5.79. The molecule has 84 valence electrons. The second-order valence-corrected chi connectivity index (χ2v) is 4.54. The third-order valence-corrected chi connectivity index (χ3v) is 3.37. The minimum absolute atomic E-state index is 0.323. The molecule has 1 saturated heterocycles. The van der Waals surface area contributed by atoms with E-state index in [4.69, 9.17) is 5.73 Å². The zero-order valence-corrected chi connectivity index (χ0v) is 9.45. The van der Waals surface area contributed by atoms with Crippen molar-refractivity contribution in [1.82, 2.24) is 4.90 Å². The van der Waals surface area contributed by atoms with Crippen LogP contribution in [0.4, 0.5) is 0 Å². The van der Waals surface area contributed by atoms with Crippen LogP contribution in [0, 0.1) is 0 Å². The van der Waals surface area contributed by atoms with Crippen LogP contribution in [0.25, 0.3) is 0 Å². The van der Waals surface area contributed by atoms with Crippen molar-refractivity contribution >= 4 is 0 Å². The van der Waals surface area contributed by atoms with Crippen LogP contribution in [0.15, 0.2) is 0 Å². The predicted molar refractivity (Wildman–Crippen MR) is 59.2 cm³/mol. The second-order valence-electron chi connectivity index (χ2n) is 4.54. The maximum atomic E-state index is 9.41. The lowest BCUT2D eigenvalue weighted by atomic mass is 9.97. The van der Waals surface area contributed by atoms with E-state index in [0.717, 1.165) is 13.0 Å². The minimum atomic E-state index is -0.323. The second kappa shape index (κ2) is 5.69. The first-order chi connectivity index (χ1) is 6.65. The highest BCUT2D eigenvalue weighted by molar-refractivity contribution is 4.79. The largest absolute Gasteiger partial charge is 0.392 e. The molecule has 0 aliphatic carbocycles. The molecule has 1 fully saturated rings. The average Bonchev–Trinajstić information content (AvgIpc) is 2.16. The molecule has 3 nitrogen and oxygen atoms in total. The molecule has 1 heterocycles. The molecule has 1 aliphatic heterocycles. The molecule has 3 unspecified atom stereocenters. The summed E-state index contributed by atoms with van der Waals surface area (Å²) >= 11 is 0. The molecule has 3 N–H and O–H groups in total. The lowest BCUT2D eigenvalue weighted by Gasteiger charge is -2.39. The van der Waals surface area contributed by atoms with Gasteiger partial charge in [-0.25, -0.2) is 0 Å². The summed E-state index contributed by atoms with van der Waals surface area (Å²) in [7, 11) is 0. The Hall–Kier alpha value is -0.120. The van der Waals surface area contributed by atoms with E-state index in [2.05, 4.69) is 18.7 Å². The Labute approximate surface area is 87.3 Å². The number of aliphatic hydroxyl groups is 1. The molecular weight excluding hydrogens is 176 g/mol. The van der Waals surface area contributed by atoms with Crippen LogP contribution in [0.3, 0.4) is 0 Å². The van der Waals surface area contributed by atoms with Gasteiger partial charge >= 0.3 is 0 Å². The highest BCUT2D eigenvalue weighted by atomic mass is 16.3. The molecule has 0 aromatic heterocycles. The van der Waals surface area contributed by atoms with Crippen molar-refractivity contribution in [2.75, 3.05) is 13.1 Å². The van der Waals surface area contributed by atoms with Crippen molar-refractivity contribution in [2.24, 2.45) is 5.73 Å². The smallest absolute Gasteiger partial charge is 0.0674 e.